The molecular formula is C16H25N. The molecule has 1 rings (SSSR count). The molecule has 0 heterocycles. The maximum atomic E-state index is 4.25. The first-order valence-electron chi connectivity index (χ1n) is 6.52. The zero-order chi connectivity index (χ0) is 12.8. The number of hydrogen-bond acceptors (Lipinski definition) is 1. The minimum atomic E-state index is 0.531. The van der Waals surface area contributed by atoms with Crippen molar-refractivity contribution in [3.63, 3.8) is 0 Å². The largest absolute Gasteiger partial charge is 0.368 e. The smallest absolute Gasteiger partial charge is 0.0472 e. The van der Waals surface area contributed by atoms with Crippen LogP contribution in [0.1, 0.15) is 40.0 Å². The number of allylic oxidation sites excluding steroid dienone is 5. The summed E-state index contributed by atoms with van der Waals surface area (Å²) < 4.78 is 0. The highest BCUT2D eigenvalue weighted by atomic mass is 15.1. The summed E-state index contributed by atoms with van der Waals surface area (Å²) in [4.78, 5) is 2.31. The second-order valence-corrected chi connectivity index (χ2v) is 4.69. The lowest BCUT2D eigenvalue weighted by molar-refractivity contribution is 0.354. The van der Waals surface area contributed by atoms with Gasteiger partial charge in [-0.3, -0.25) is 0 Å². The molecule has 94 valence electrons. The molecule has 0 aromatic heterocycles. The molecule has 0 N–H and O–H groups in total. The minimum absolute atomic E-state index is 0.531. The highest BCUT2D eigenvalue weighted by Crippen LogP contribution is 2.24. The average molecular weight is 231 g/mol. The van der Waals surface area contributed by atoms with Gasteiger partial charge in [0.15, 0.2) is 0 Å². The molecule has 1 nitrogen and oxygen atoms in total. The SMILES string of the molecule is C=C(/C(=C/C(C)=C\C)CC)N(C)C1C=CCC1. The van der Waals surface area contributed by atoms with E-state index in [9.17, 15) is 0 Å². The Morgan fingerprint density at radius 1 is 1.53 bits per heavy atom. The van der Waals surface area contributed by atoms with E-state index >= 15 is 0 Å². The van der Waals surface area contributed by atoms with Crippen LogP contribution in [0, 0.1) is 0 Å². The molecule has 1 aliphatic rings. The Labute approximate surface area is 106 Å². The predicted octanol–water partition coefficient (Wildman–Crippen LogP) is 4.45. The Hall–Kier alpha value is -1.24. The molecule has 0 aromatic carbocycles. The predicted molar refractivity (Wildman–Crippen MR) is 76.9 cm³/mol. The summed E-state index contributed by atoms with van der Waals surface area (Å²) in [5.41, 5.74) is 3.80. The number of likely N-dealkylation sites (N-methyl/N-ethyl adjacent to an activating group) is 1. The van der Waals surface area contributed by atoms with Crippen LogP contribution in [0.4, 0.5) is 0 Å². The monoisotopic (exact) mass is 231 g/mol. The summed E-state index contributed by atoms with van der Waals surface area (Å²) in [7, 11) is 2.15. The molecule has 0 saturated carbocycles. The van der Waals surface area contributed by atoms with Crippen LogP contribution >= 0.6 is 0 Å². The molecule has 0 aromatic rings. The van der Waals surface area contributed by atoms with Crippen LogP contribution in [0.3, 0.4) is 0 Å². The Kier molecular flexibility index (Phi) is 5.27. The van der Waals surface area contributed by atoms with Crippen molar-refractivity contribution in [1.29, 1.82) is 0 Å². The normalized spacial score (nSPS) is 20.8. The van der Waals surface area contributed by atoms with Crippen LogP contribution in [0.25, 0.3) is 0 Å². The van der Waals surface area contributed by atoms with Crippen LogP contribution in [-0.4, -0.2) is 18.0 Å². The fourth-order valence-electron chi connectivity index (χ4n) is 2.11. The fourth-order valence-corrected chi connectivity index (χ4v) is 2.11. The maximum absolute atomic E-state index is 4.25. The van der Waals surface area contributed by atoms with Crippen LogP contribution in [0.2, 0.25) is 0 Å². The second-order valence-electron chi connectivity index (χ2n) is 4.69. The van der Waals surface area contributed by atoms with Crippen molar-refractivity contribution in [3.8, 4) is 0 Å². The summed E-state index contributed by atoms with van der Waals surface area (Å²) in [5, 5.41) is 0. The van der Waals surface area contributed by atoms with E-state index in [0.29, 0.717) is 6.04 Å². The van der Waals surface area contributed by atoms with E-state index in [2.05, 4.69) is 63.6 Å². The van der Waals surface area contributed by atoms with Gasteiger partial charge in [0.1, 0.15) is 0 Å². The molecule has 0 aliphatic heterocycles. The third-order valence-corrected chi connectivity index (χ3v) is 3.52. The summed E-state index contributed by atoms with van der Waals surface area (Å²) in [6, 6.07) is 0.531. The van der Waals surface area contributed by atoms with Gasteiger partial charge in [0.05, 0.1) is 0 Å². The quantitative estimate of drug-likeness (QED) is 0.499. The van der Waals surface area contributed by atoms with Crippen molar-refractivity contribution in [3.05, 3.63) is 47.7 Å². The third kappa shape index (κ3) is 3.62. The van der Waals surface area contributed by atoms with Gasteiger partial charge < -0.3 is 4.90 Å². The van der Waals surface area contributed by atoms with Crippen molar-refractivity contribution in [1.82, 2.24) is 4.90 Å². The number of nitrogens with zero attached hydrogens (tertiary/aromatic N) is 1. The minimum Gasteiger partial charge on any atom is -0.368 e. The zero-order valence-corrected chi connectivity index (χ0v) is 11.7. The molecule has 0 fully saturated rings. The summed E-state index contributed by atoms with van der Waals surface area (Å²) in [6.45, 7) is 10.7. The standard InChI is InChI=1S/C16H25N/c1-6-13(3)12-15(7-2)14(4)17(5)16-10-8-9-11-16/h6,8,10,12,16H,4,7,9,11H2,1-3,5H3/b13-6-,15-12+. The molecule has 1 aliphatic carbocycles. The highest BCUT2D eigenvalue weighted by molar-refractivity contribution is 5.34. The molecular weight excluding hydrogens is 206 g/mol. The lowest BCUT2D eigenvalue weighted by atomic mass is 10.0. The van der Waals surface area contributed by atoms with Crippen molar-refractivity contribution >= 4 is 0 Å². The Morgan fingerprint density at radius 3 is 2.71 bits per heavy atom. The van der Waals surface area contributed by atoms with Crippen LogP contribution < -0.4 is 0 Å². The summed E-state index contributed by atoms with van der Waals surface area (Å²) in [5.74, 6) is 0. The van der Waals surface area contributed by atoms with E-state index in [1.807, 2.05) is 0 Å². The van der Waals surface area contributed by atoms with Gasteiger partial charge in [-0.1, -0.05) is 43.4 Å². The van der Waals surface area contributed by atoms with Gasteiger partial charge in [-0.15, -0.1) is 0 Å². The number of hydrogen-bond donors (Lipinski definition) is 0. The topological polar surface area (TPSA) is 3.24 Å². The van der Waals surface area contributed by atoms with Gasteiger partial charge >= 0.3 is 0 Å². The van der Waals surface area contributed by atoms with E-state index in [1.54, 1.807) is 0 Å². The van der Waals surface area contributed by atoms with Crippen LogP contribution in [0.5, 0.6) is 0 Å². The zero-order valence-electron chi connectivity index (χ0n) is 11.7. The van der Waals surface area contributed by atoms with Crippen molar-refractivity contribution in [2.45, 2.75) is 46.1 Å². The van der Waals surface area contributed by atoms with Gasteiger partial charge in [-0.05, 0) is 38.7 Å². The molecule has 0 bridgehead atoms. The van der Waals surface area contributed by atoms with Gasteiger partial charge in [0.2, 0.25) is 0 Å². The Morgan fingerprint density at radius 2 is 2.24 bits per heavy atom. The fraction of sp³-hybridized carbons (Fsp3) is 0.500. The molecule has 17 heavy (non-hydrogen) atoms. The molecule has 0 saturated heterocycles. The summed E-state index contributed by atoms with van der Waals surface area (Å²) in [6.07, 6.45) is 12.4. The van der Waals surface area contributed by atoms with E-state index in [0.717, 1.165) is 12.1 Å². The molecule has 1 unspecified atom stereocenters. The maximum Gasteiger partial charge on any atom is 0.0472 e. The van der Waals surface area contributed by atoms with Gasteiger partial charge in [-0.25, -0.2) is 0 Å². The first-order chi connectivity index (χ1) is 8.10. The number of rotatable bonds is 5. The molecule has 0 radical (unpaired) electrons. The van der Waals surface area contributed by atoms with Gasteiger partial charge in [0.25, 0.3) is 0 Å². The molecule has 1 heteroatoms. The van der Waals surface area contributed by atoms with Crippen molar-refractivity contribution < 1.29 is 0 Å². The van der Waals surface area contributed by atoms with Crippen molar-refractivity contribution in [2.24, 2.45) is 0 Å². The second kappa shape index (κ2) is 6.48. The molecule has 0 spiro atoms. The third-order valence-electron chi connectivity index (χ3n) is 3.52. The van der Waals surface area contributed by atoms with Gasteiger partial charge in [0, 0.05) is 18.8 Å². The first-order valence-corrected chi connectivity index (χ1v) is 6.52. The highest BCUT2D eigenvalue weighted by Gasteiger charge is 2.17. The molecule has 1 atom stereocenters. The Bertz CT molecular complexity index is 358. The van der Waals surface area contributed by atoms with Crippen LogP contribution in [0.15, 0.2) is 47.7 Å². The van der Waals surface area contributed by atoms with E-state index in [-0.39, 0.29) is 0 Å². The lowest BCUT2D eigenvalue weighted by Gasteiger charge is -2.28. The average Bonchev–Trinajstić information content (AvgIpc) is 2.87. The van der Waals surface area contributed by atoms with Gasteiger partial charge in [-0.2, -0.15) is 0 Å². The first kappa shape index (κ1) is 13.8. The lowest BCUT2D eigenvalue weighted by Crippen LogP contribution is -2.28. The van der Waals surface area contributed by atoms with E-state index < -0.39 is 0 Å². The van der Waals surface area contributed by atoms with E-state index in [4.69, 9.17) is 0 Å². The molecule has 0 amide bonds. The van der Waals surface area contributed by atoms with E-state index in [1.165, 1.54) is 24.0 Å². The van der Waals surface area contributed by atoms with Crippen LogP contribution in [-0.2, 0) is 0 Å². The van der Waals surface area contributed by atoms with Crippen molar-refractivity contribution in [2.75, 3.05) is 7.05 Å². The summed E-state index contributed by atoms with van der Waals surface area (Å²) >= 11 is 0. The Balaban J connectivity index is 2.78.